The molecule has 2 aromatic carbocycles. The van der Waals surface area contributed by atoms with Crippen LogP contribution in [0.15, 0.2) is 53.4 Å². The van der Waals surface area contributed by atoms with Crippen molar-refractivity contribution in [3.05, 3.63) is 59.7 Å². The quantitative estimate of drug-likeness (QED) is 0.877. The Morgan fingerprint density at radius 1 is 1.13 bits per heavy atom. The van der Waals surface area contributed by atoms with Crippen molar-refractivity contribution in [2.24, 2.45) is 0 Å². The zero-order valence-electron chi connectivity index (χ0n) is 12.6. The molecule has 0 aromatic heterocycles. The van der Waals surface area contributed by atoms with Crippen molar-refractivity contribution in [1.29, 1.82) is 0 Å². The van der Waals surface area contributed by atoms with Crippen molar-refractivity contribution in [1.82, 2.24) is 0 Å². The van der Waals surface area contributed by atoms with Crippen LogP contribution in [0.25, 0.3) is 0 Å². The number of Topliss-reactive ketones (excluding diaryl/α,β-unsaturated/α-hetero) is 1. The molecular formula is C17H17NO4S. The predicted molar refractivity (Wildman–Crippen MR) is 87.0 cm³/mol. The lowest BCUT2D eigenvalue weighted by Gasteiger charge is -2.32. The first-order valence-electron chi connectivity index (χ1n) is 7.32. The number of aliphatic hydroxyl groups excluding tert-OH is 1. The molecule has 0 amide bonds. The fourth-order valence-electron chi connectivity index (χ4n) is 2.75. The number of para-hydroxylation sites is 1. The third-order valence-corrected chi connectivity index (χ3v) is 5.85. The average molecular weight is 331 g/mol. The van der Waals surface area contributed by atoms with E-state index in [1.54, 1.807) is 24.3 Å². The summed E-state index contributed by atoms with van der Waals surface area (Å²) in [6, 6.07) is 12.9. The number of sulfonamides is 1. The number of carbonyl (C=O) groups excluding carboxylic acids is 1. The second kappa shape index (κ2) is 5.79. The number of ketones is 1. The van der Waals surface area contributed by atoms with E-state index in [2.05, 4.69) is 0 Å². The minimum atomic E-state index is -3.73. The minimum absolute atomic E-state index is 0.111. The topological polar surface area (TPSA) is 74.7 Å². The highest BCUT2D eigenvalue weighted by atomic mass is 32.2. The molecule has 1 aliphatic heterocycles. The van der Waals surface area contributed by atoms with Crippen molar-refractivity contribution >= 4 is 21.5 Å². The molecule has 1 atom stereocenters. The van der Waals surface area contributed by atoms with Crippen LogP contribution in [0.4, 0.5) is 5.69 Å². The zero-order chi connectivity index (χ0) is 16.6. The molecule has 0 fully saturated rings. The van der Waals surface area contributed by atoms with Crippen molar-refractivity contribution in [2.45, 2.75) is 24.3 Å². The Morgan fingerprint density at radius 2 is 1.78 bits per heavy atom. The van der Waals surface area contributed by atoms with E-state index < -0.39 is 16.1 Å². The Labute approximate surface area is 135 Å². The van der Waals surface area contributed by atoms with Gasteiger partial charge in [-0.15, -0.1) is 0 Å². The summed E-state index contributed by atoms with van der Waals surface area (Å²) in [6.45, 7) is 1.65. The molecule has 1 heterocycles. The first kappa shape index (κ1) is 15.7. The maximum atomic E-state index is 12.9. The Bertz CT molecular complexity index is 843. The standard InChI is InChI=1S/C17H17NO4S/c1-12(19)13-6-8-14(9-7-13)23(21,22)18-11-10-17(20)15-4-2-3-5-16(15)18/h2-9,17,20H,10-11H2,1H3. The number of benzene rings is 2. The number of hydrogen-bond acceptors (Lipinski definition) is 4. The summed E-state index contributed by atoms with van der Waals surface area (Å²) in [7, 11) is -3.73. The fraction of sp³-hybridized carbons (Fsp3) is 0.235. The van der Waals surface area contributed by atoms with Crippen molar-refractivity contribution in [3.63, 3.8) is 0 Å². The highest BCUT2D eigenvalue weighted by molar-refractivity contribution is 7.92. The van der Waals surface area contributed by atoms with Gasteiger partial charge in [0.25, 0.3) is 10.0 Å². The monoisotopic (exact) mass is 331 g/mol. The summed E-state index contributed by atoms with van der Waals surface area (Å²) in [4.78, 5) is 11.5. The largest absolute Gasteiger partial charge is 0.388 e. The van der Waals surface area contributed by atoms with Crippen molar-refractivity contribution < 1.29 is 18.3 Å². The van der Waals surface area contributed by atoms with Crippen LogP contribution >= 0.6 is 0 Å². The Morgan fingerprint density at radius 3 is 2.43 bits per heavy atom. The van der Waals surface area contributed by atoms with E-state index in [9.17, 15) is 18.3 Å². The molecule has 0 saturated heterocycles. The predicted octanol–water partition coefficient (Wildman–Crippen LogP) is 2.52. The fourth-order valence-corrected chi connectivity index (χ4v) is 4.26. The molecule has 0 radical (unpaired) electrons. The van der Waals surface area contributed by atoms with E-state index in [4.69, 9.17) is 0 Å². The number of fused-ring (bicyclic) bond motifs is 1. The number of anilines is 1. The van der Waals surface area contributed by atoms with Crippen LogP contribution < -0.4 is 4.31 Å². The third-order valence-electron chi connectivity index (χ3n) is 4.02. The maximum Gasteiger partial charge on any atom is 0.264 e. The Kier molecular flexibility index (Phi) is 3.95. The number of hydrogen-bond donors (Lipinski definition) is 1. The summed E-state index contributed by atoms with van der Waals surface area (Å²) < 4.78 is 27.1. The van der Waals surface area contributed by atoms with Gasteiger partial charge in [0.05, 0.1) is 16.7 Å². The lowest BCUT2D eigenvalue weighted by molar-refractivity contribution is 0.101. The zero-order valence-corrected chi connectivity index (χ0v) is 13.5. The first-order chi connectivity index (χ1) is 10.9. The van der Waals surface area contributed by atoms with Crippen LogP contribution in [0.1, 0.15) is 35.4 Å². The number of carbonyl (C=O) groups is 1. The van der Waals surface area contributed by atoms with Gasteiger partial charge in [0.15, 0.2) is 5.78 Å². The van der Waals surface area contributed by atoms with Crippen LogP contribution in [-0.4, -0.2) is 25.9 Å². The highest BCUT2D eigenvalue weighted by Crippen LogP contribution is 2.36. The second-order valence-corrected chi connectivity index (χ2v) is 7.38. The summed E-state index contributed by atoms with van der Waals surface area (Å²) in [6.07, 6.45) is -0.306. The summed E-state index contributed by atoms with van der Waals surface area (Å²) >= 11 is 0. The first-order valence-corrected chi connectivity index (χ1v) is 8.76. The number of nitrogens with zero attached hydrogens (tertiary/aromatic N) is 1. The number of aliphatic hydroxyl groups is 1. The molecule has 1 N–H and O–H groups in total. The van der Waals surface area contributed by atoms with E-state index in [1.165, 1.54) is 35.5 Å². The molecule has 2 aromatic rings. The van der Waals surface area contributed by atoms with Crippen molar-refractivity contribution in [2.75, 3.05) is 10.8 Å². The lowest BCUT2D eigenvalue weighted by Crippen LogP contribution is -2.36. The summed E-state index contributed by atoms with van der Waals surface area (Å²) in [5, 5.41) is 10.1. The number of rotatable bonds is 3. The highest BCUT2D eigenvalue weighted by Gasteiger charge is 2.32. The molecule has 0 bridgehead atoms. The van der Waals surface area contributed by atoms with Gasteiger partial charge in [0, 0.05) is 17.7 Å². The molecule has 3 rings (SSSR count). The summed E-state index contributed by atoms with van der Waals surface area (Å²) in [5.41, 5.74) is 1.59. The SMILES string of the molecule is CC(=O)c1ccc(S(=O)(=O)N2CCC(O)c3ccccc32)cc1. The molecule has 23 heavy (non-hydrogen) atoms. The van der Waals surface area contributed by atoms with Gasteiger partial charge in [0.2, 0.25) is 0 Å². The van der Waals surface area contributed by atoms with Crippen LogP contribution in [-0.2, 0) is 10.0 Å². The second-order valence-electron chi connectivity index (χ2n) is 5.52. The van der Waals surface area contributed by atoms with E-state index in [-0.39, 0.29) is 17.2 Å². The molecule has 0 aliphatic carbocycles. The smallest absolute Gasteiger partial charge is 0.264 e. The van der Waals surface area contributed by atoms with Gasteiger partial charge in [-0.25, -0.2) is 8.42 Å². The summed E-state index contributed by atoms with van der Waals surface area (Å²) in [5.74, 6) is -0.111. The van der Waals surface area contributed by atoms with Gasteiger partial charge in [-0.1, -0.05) is 30.3 Å². The molecule has 1 unspecified atom stereocenters. The molecule has 6 heteroatoms. The average Bonchev–Trinajstić information content (AvgIpc) is 2.55. The normalized spacial score (nSPS) is 17.7. The van der Waals surface area contributed by atoms with Crippen LogP contribution in [0.3, 0.4) is 0 Å². The Balaban J connectivity index is 2.03. The van der Waals surface area contributed by atoms with Gasteiger partial charge in [0.1, 0.15) is 0 Å². The molecule has 0 spiro atoms. The molecule has 1 aliphatic rings. The maximum absolute atomic E-state index is 12.9. The Hall–Kier alpha value is -2.18. The van der Waals surface area contributed by atoms with Gasteiger partial charge in [-0.2, -0.15) is 0 Å². The van der Waals surface area contributed by atoms with Gasteiger partial charge in [-0.05, 0) is 31.5 Å². The van der Waals surface area contributed by atoms with Gasteiger partial charge >= 0.3 is 0 Å². The molecule has 5 nitrogen and oxygen atoms in total. The van der Waals surface area contributed by atoms with E-state index in [0.29, 0.717) is 23.2 Å². The van der Waals surface area contributed by atoms with E-state index >= 15 is 0 Å². The van der Waals surface area contributed by atoms with Crippen LogP contribution in [0.2, 0.25) is 0 Å². The lowest BCUT2D eigenvalue weighted by atomic mass is 10.0. The van der Waals surface area contributed by atoms with Crippen molar-refractivity contribution in [3.8, 4) is 0 Å². The third kappa shape index (κ3) is 2.75. The molecule has 0 saturated carbocycles. The molecule has 120 valence electrons. The molecular weight excluding hydrogens is 314 g/mol. The minimum Gasteiger partial charge on any atom is -0.388 e. The van der Waals surface area contributed by atoms with E-state index in [0.717, 1.165) is 0 Å². The van der Waals surface area contributed by atoms with E-state index in [1.807, 2.05) is 0 Å². The van der Waals surface area contributed by atoms with Gasteiger partial charge in [-0.3, -0.25) is 9.10 Å². The van der Waals surface area contributed by atoms with Crippen LogP contribution in [0, 0.1) is 0 Å². The van der Waals surface area contributed by atoms with Gasteiger partial charge < -0.3 is 5.11 Å². The van der Waals surface area contributed by atoms with Crippen LogP contribution in [0.5, 0.6) is 0 Å².